The molecule has 0 heterocycles. The summed E-state index contributed by atoms with van der Waals surface area (Å²) in [6.45, 7) is 3.19. The SMILES string of the molecule is Cc1cc(/C=N/NC(=O)c2ccc(O)c(Cl)c2)cc(-c2ccccc2)c1OCCNCc1ccc(OC(F)(F)F)cc1.[HH].[HH]. The van der Waals surface area contributed by atoms with Gasteiger partial charge in [-0.15, -0.1) is 13.2 Å². The predicted molar refractivity (Wildman–Crippen MR) is 159 cm³/mol. The number of rotatable bonds is 11. The van der Waals surface area contributed by atoms with Gasteiger partial charge in [0.05, 0.1) is 11.2 Å². The second-order valence-corrected chi connectivity index (χ2v) is 9.57. The van der Waals surface area contributed by atoms with Crippen LogP contribution in [-0.4, -0.2) is 36.7 Å². The third-order valence-corrected chi connectivity index (χ3v) is 6.29. The van der Waals surface area contributed by atoms with E-state index in [1.54, 1.807) is 12.1 Å². The van der Waals surface area contributed by atoms with Gasteiger partial charge in [-0.2, -0.15) is 5.10 Å². The Bertz CT molecular complexity index is 1560. The summed E-state index contributed by atoms with van der Waals surface area (Å²) in [4.78, 5) is 12.4. The fourth-order valence-corrected chi connectivity index (χ4v) is 4.23. The highest BCUT2D eigenvalue weighted by Crippen LogP contribution is 2.34. The van der Waals surface area contributed by atoms with E-state index in [-0.39, 0.29) is 24.9 Å². The number of phenols is 1. The van der Waals surface area contributed by atoms with Crippen LogP contribution in [0.4, 0.5) is 13.2 Å². The Morgan fingerprint density at radius 2 is 1.79 bits per heavy atom. The van der Waals surface area contributed by atoms with Crippen LogP contribution in [0.25, 0.3) is 11.1 Å². The minimum Gasteiger partial charge on any atom is -0.506 e. The van der Waals surface area contributed by atoms with Gasteiger partial charge < -0.3 is 19.9 Å². The molecule has 7 nitrogen and oxygen atoms in total. The van der Waals surface area contributed by atoms with Crippen molar-refractivity contribution in [1.82, 2.24) is 10.7 Å². The van der Waals surface area contributed by atoms with Gasteiger partial charge in [-0.25, -0.2) is 5.43 Å². The van der Waals surface area contributed by atoms with Crippen molar-refractivity contribution >= 4 is 23.7 Å². The average molecular weight is 602 g/mol. The molecule has 4 aromatic rings. The molecule has 11 heteroatoms. The molecule has 4 aromatic carbocycles. The van der Waals surface area contributed by atoms with E-state index >= 15 is 0 Å². The molecule has 4 rings (SSSR count). The predicted octanol–water partition coefficient (Wildman–Crippen LogP) is 7.34. The maximum Gasteiger partial charge on any atom is 0.573 e. The second kappa shape index (κ2) is 13.9. The quantitative estimate of drug-likeness (QED) is 0.0950. The van der Waals surface area contributed by atoms with Crippen molar-refractivity contribution in [2.24, 2.45) is 5.10 Å². The molecule has 0 saturated carbocycles. The number of hydrogen-bond acceptors (Lipinski definition) is 6. The van der Waals surface area contributed by atoms with Crippen LogP contribution in [0.3, 0.4) is 0 Å². The molecule has 0 aromatic heterocycles. The third-order valence-electron chi connectivity index (χ3n) is 5.98. The third kappa shape index (κ3) is 8.73. The zero-order chi connectivity index (χ0) is 30.1. The van der Waals surface area contributed by atoms with Crippen LogP contribution in [-0.2, 0) is 6.54 Å². The van der Waals surface area contributed by atoms with Crippen molar-refractivity contribution in [3.05, 3.63) is 112 Å². The van der Waals surface area contributed by atoms with E-state index in [0.717, 1.165) is 27.8 Å². The zero-order valence-corrected chi connectivity index (χ0v) is 23.2. The largest absolute Gasteiger partial charge is 0.573 e. The molecule has 222 valence electrons. The first-order valence-corrected chi connectivity index (χ1v) is 13.2. The molecular weight excluding hydrogens is 571 g/mol. The number of carbonyl (C=O) groups excluding carboxylic acids is 1. The summed E-state index contributed by atoms with van der Waals surface area (Å²) >= 11 is 5.88. The van der Waals surface area contributed by atoms with Crippen LogP contribution in [0, 0.1) is 6.92 Å². The Hall–Kier alpha value is -4.54. The first-order valence-electron chi connectivity index (χ1n) is 12.8. The van der Waals surface area contributed by atoms with E-state index in [0.29, 0.717) is 25.4 Å². The number of nitrogens with one attached hydrogen (secondary N) is 2. The number of hydrazone groups is 1. The molecule has 0 aliphatic rings. The molecular formula is C31H31ClF3N3O4. The summed E-state index contributed by atoms with van der Waals surface area (Å²) in [7, 11) is 0. The molecule has 42 heavy (non-hydrogen) atoms. The number of benzene rings is 4. The first kappa shape index (κ1) is 30.4. The molecule has 0 atom stereocenters. The van der Waals surface area contributed by atoms with E-state index < -0.39 is 12.3 Å². The number of phenolic OH excluding ortho intramolecular Hbond substituents is 1. The maximum absolute atomic E-state index is 12.4. The lowest BCUT2D eigenvalue weighted by Crippen LogP contribution is -2.21. The molecule has 0 spiro atoms. The summed E-state index contributed by atoms with van der Waals surface area (Å²) in [6.07, 6.45) is -3.20. The van der Waals surface area contributed by atoms with E-state index in [2.05, 4.69) is 20.6 Å². The Labute approximate surface area is 248 Å². The van der Waals surface area contributed by atoms with Crippen molar-refractivity contribution in [2.75, 3.05) is 13.2 Å². The number of hydrogen-bond donors (Lipinski definition) is 3. The number of amides is 1. The number of carbonyl (C=O) groups is 1. The van der Waals surface area contributed by atoms with Gasteiger partial charge in [-0.1, -0.05) is 54.1 Å². The van der Waals surface area contributed by atoms with Crippen molar-refractivity contribution in [2.45, 2.75) is 19.8 Å². The lowest BCUT2D eigenvalue weighted by molar-refractivity contribution is -0.274. The highest BCUT2D eigenvalue weighted by Gasteiger charge is 2.30. The average Bonchev–Trinajstić information content (AvgIpc) is 2.95. The van der Waals surface area contributed by atoms with Crippen molar-refractivity contribution < 1.29 is 35.4 Å². The topological polar surface area (TPSA) is 92.2 Å². The van der Waals surface area contributed by atoms with E-state index in [1.807, 2.05) is 49.4 Å². The Morgan fingerprint density at radius 1 is 1.05 bits per heavy atom. The van der Waals surface area contributed by atoms with Crippen LogP contribution in [0.1, 0.15) is 29.9 Å². The van der Waals surface area contributed by atoms with E-state index in [4.69, 9.17) is 16.3 Å². The summed E-state index contributed by atoms with van der Waals surface area (Å²) in [5.41, 5.74) is 6.87. The maximum atomic E-state index is 12.4. The molecule has 0 fully saturated rings. The van der Waals surface area contributed by atoms with Crippen LogP contribution in [0.5, 0.6) is 17.2 Å². The lowest BCUT2D eigenvalue weighted by atomic mass is 9.99. The number of aromatic hydroxyl groups is 1. The number of ether oxygens (including phenoxy) is 2. The number of nitrogens with zero attached hydrogens (tertiary/aromatic N) is 1. The minimum absolute atomic E-state index is 0. The molecule has 0 radical (unpaired) electrons. The normalized spacial score (nSPS) is 11.5. The highest BCUT2D eigenvalue weighted by atomic mass is 35.5. The molecule has 0 aliphatic carbocycles. The molecule has 3 N–H and O–H groups in total. The number of halogens is 4. The fourth-order valence-electron chi connectivity index (χ4n) is 4.05. The zero-order valence-electron chi connectivity index (χ0n) is 22.4. The summed E-state index contributed by atoms with van der Waals surface area (Å²) in [5.74, 6) is -0.175. The highest BCUT2D eigenvalue weighted by molar-refractivity contribution is 6.32. The van der Waals surface area contributed by atoms with Crippen molar-refractivity contribution in [3.63, 3.8) is 0 Å². The van der Waals surface area contributed by atoms with Gasteiger partial charge in [0, 0.05) is 27.1 Å². The lowest BCUT2D eigenvalue weighted by Gasteiger charge is -2.16. The summed E-state index contributed by atoms with van der Waals surface area (Å²) < 4.78 is 47.1. The van der Waals surface area contributed by atoms with Gasteiger partial charge in [-0.3, -0.25) is 4.79 Å². The first-order chi connectivity index (χ1) is 20.1. The molecule has 0 bridgehead atoms. The number of aryl methyl sites for hydroxylation is 1. The Balaban J connectivity index is 0.00000337. The van der Waals surface area contributed by atoms with Gasteiger partial charge in [0.2, 0.25) is 0 Å². The minimum atomic E-state index is -4.72. The van der Waals surface area contributed by atoms with Crippen LogP contribution in [0.2, 0.25) is 5.02 Å². The molecule has 1 amide bonds. The standard InChI is InChI=1S/C31H27ClF3N3O4.2H2/c1-20-15-22(19-37-38-30(40)24-9-12-28(39)27(32)17-24)16-26(23-5-3-2-4-6-23)29(20)41-14-13-36-18-21-7-10-25(11-8-21)42-31(33,34)35;;/h2-12,15-17,19,36,39H,13-14,18H2,1H3,(H,38,40);2*1H/b37-19+;;. The van der Waals surface area contributed by atoms with Crippen molar-refractivity contribution in [1.29, 1.82) is 0 Å². The van der Waals surface area contributed by atoms with Crippen LogP contribution >= 0.6 is 11.6 Å². The Morgan fingerprint density at radius 3 is 2.48 bits per heavy atom. The van der Waals surface area contributed by atoms with Gasteiger partial charge in [0.1, 0.15) is 23.9 Å². The van der Waals surface area contributed by atoms with E-state index in [1.165, 1.54) is 36.5 Å². The number of alkyl halides is 3. The van der Waals surface area contributed by atoms with E-state index in [9.17, 15) is 23.1 Å². The molecule has 0 saturated heterocycles. The van der Waals surface area contributed by atoms with Crippen LogP contribution in [0.15, 0.2) is 90.0 Å². The van der Waals surface area contributed by atoms with Crippen molar-refractivity contribution in [3.8, 4) is 28.4 Å². The van der Waals surface area contributed by atoms with Gasteiger partial charge >= 0.3 is 6.36 Å². The van der Waals surface area contributed by atoms with Gasteiger partial charge in [0.15, 0.2) is 0 Å². The Kier molecular flexibility index (Phi) is 10.1. The monoisotopic (exact) mass is 601 g/mol. The second-order valence-electron chi connectivity index (χ2n) is 9.16. The summed E-state index contributed by atoms with van der Waals surface area (Å²) in [5, 5.41) is 16.9. The smallest absolute Gasteiger partial charge is 0.506 e. The van der Waals surface area contributed by atoms with Gasteiger partial charge in [0.25, 0.3) is 5.91 Å². The van der Waals surface area contributed by atoms with Crippen LogP contribution < -0.4 is 20.2 Å². The molecule has 0 aliphatic heterocycles. The van der Waals surface area contributed by atoms with Gasteiger partial charge in [-0.05, 0) is 71.6 Å². The molecule has 0 unspecified atom stereocenters. The fraction of sp³-hybridized carbons (Fsp3) is 0.161. The summed E-state index contributed by atoms with van der Waals surface area (Å²) in [6, 6.07) is 23.3.